The zero-order valence-corrected chi connectivity index (χ0v) is 9.88. The maximum atomic E-state index is 3.65. The molecular formula is C14H25N. The van der Waals surface area contributed by atoms with Gasteiger partial charge in [0.15, 0.2) is 0 Å². The number of nitrogens with one attached hydrogen (secondary N) is 1. The molecule has 1 unspecified atom stereocenters. The molecule has 86 valence electrons. The molecule has 1 nitrogen and oxygen atoms in total. The molecule has 0 aromatic heterocycles. The highest BCUT2D eigenvalue weighted by atomic mass is 14.9. The molecule has 0 saturated heterocycles. The van der Waals surface area contributed by atoms with Gasteiger partial charge in [0.2, 0.25) is 0 Å². The lowest BCUT2D eigenvalue weighted by Crippen LogP contribution is -2.25. The predicted octanol–water partition coefficient (Wildman–Crippen LogP) is 3.51. The molecule has 0 aromatic rings. The zero-order chi connectivity index (χ0) is 10.3. The zero-order valence-electron chi connectivity index (χ0n) is 9.88. The Bertz CT molecular complexity index is 192. The van der Waals surface area contributed by atoms with Crippen LogP contribution in [0.3, 0.4) is 0 Å². The van der Waals surface area contributed by atoms with Crippen molar-refractivity contribution in [3.63, 3.8) is 0 Å². The normalized spacial score (nSPS) is 27.3. The van der Waals surface area contributed by atoms with Crippen LogP contribution < -0.4 is 5.32 Å². The van der Waals surface area contributed by atoms with Crippen LogP contribution in [-0.4, -0.2) is 13.1 Å². The highest BCUT2D eigenvalue weighted by Crippen LogP contribution is 2.27. The molecule has 0 radical (unpaired) electrons. The van der Waals surface area contributed by atoms with Crippen molar-refractivity contribution >= 4 is 0 Å². The monoisotopic (exact) mass is 207 g/mol. The summed E-state index contributed by atoms with van der Waals surface area (Å²) in [5.74, 6) is 1.96. The quantitative estimate of drug-likeness (QED) is 0.537. The van der Waals surface area contributed by atoms with Crippen LogP contribution in [0.25, 0.3) is 0 Å². The van der Waals surface area contributed by atoms with Gasteiger partial charge in [0.1, 0.15) is 0 Å². The molecule has 15 heavy (non-hydrogen) atoms. The molecule has 1 atom stereocenters. The van der Waals surface area contributed by atoms with E-state index in [1.807, 2.05) is 0 Å². The van der Waals surface area contributed by atoms with E-state index < -0.39 is 0 Å². The highest BCUT2D eigenvalue weighted by molar-refractivity contribution is 4.90. The highest BCUT2D eigenvalue weighted by Gasteiger charge is 2.14. The van der Waals surface area contributed by atoms with E-state index >= 15 is 0 Å². The molecule has 0 amide bonds. The Morgan fingerprint density at radius 3 is 2.60 bits per heavy atom. The first-order valence-corrected chi connectivity index (χ1v) is 6.81. The van der Waals surface area contributed by atoms with E-state index in [2.05, 4.69) is 17.5 Å². The Balaban J connectivity index is 1.49. The smallest absolute Gasteiger partial charge is 0.00174 e. The average molecular weight is 207 g/mol. The van der Waals surface area contributed by atoms with Crippen LogP contribution >= 0.6 is 0 Å². The SMILES string of the molecule is C1=CCC(CNCCC2CCCC2)CC1. The van der Waals surface area contributed by atoms with Crippen LogP contribution in [-0.2, 0) is 0 Å². The van der Waals surface area contributed by atoms with Gasteiger partial charge in [-0.1, -0.05) is 37.8 Å². The Labute approximate surface area is 94.3 Å². The summed E-state index contributed by atoms with van der Waals surface area (Å²) in [6, 6.07) is 0. The molecule has 0 aliphatic heterocycles. The lowest BCUT2D eigenvalue weighted by molar-refractivity contribution is 0.415. The van der Waals surface area contributed by atoms with Crippen LogP contribution in [0.2, 0.25) is 0 Å². The molecule has 1 N–H and O–H groups in total. The standard InChI is InChI=1S/C14H25N/c1-2-8-14(9-3-1)12-15-11-10-13-6-4-5-7-13/h1-2,13-15H,3-12H2. The van der Waals surface area contributed by atoms with Gasteiger partial charge >= 0.3 is 0 Å². The molecule has 1 saturated carbocycles. The van der Waals surface area contributed by atoms with Gasteiger partial charge in [-0.15, -0.1) is 0 Å². The first kappa shape index (κ1) is 11.2. The summed E-state index contributed by atoms with van der Waals surface area (Å²) in [4.78, 5) is 0. The van der Waals surface area contributed by atoms with E-state index in [1.54, 1.807) is 0 Å². The van der Waals surface area contributed by atoms with Crippen LogP contribution in [0.4, 0.5) is 0 Å². The van der Waals surface area contributed by atoms with E-state index in [4.69, 9.17) is 0 Å². The van der Waals surface area contributed by atoms with Crippen molar-refractivity contribution < 1.29 is 0 Å². The van der Waals surface area contributed by atoms with Crippen LogP contribution in [0.1, 0.15) is 51.4 Å². The summed E-state index contributed by atoms with van der Waals surface area (Å²) >= 11 is 0. The Morgan fingerprint density at radius 1 is 1.00 bits per heavy atom. The largest absolute Gasteiger partial charge is 0.316 e. The van der Waals surface area contributed by atoms with Crippen LogP contribution in [0.5, 0.6) is 0 Å². The summed E-state index contributed by atoms with van der Waals surface area (Å²) in [6.07, 6.45) is 16.1. The van der Waals surface area contributed by atoms with E-state index in [9.17, 15) is 0 Å². The molecule has 0 bridgehead atoms. The fraction of sp³-hybridized carbons (Fsp3) is 0.857. The molecule has 0 spiro atoms. The third kappa shape index (κ3) is 3.98. The minimum absolute atomic E-state index is 0.915. The second kappa shape index (κ2) is 6.32. The van der Waals surface area contributed by atoms with Crippen molar-refractivity contribution in [2.24, 2.45) is 11.8 Å². The molecule has 2 aliphatic rings. The molecule has 0 aromatic carbocycles. The van der Waals surface area contributed by atoms with Crippen LogP contribution in [0, 0.1) is 11.8 Å². The summed E-state index contributed by atoms with van der Waals surface area (Å²) in [5, 5.41) is 3.65. The lowest BCUT2D eigenvalue weighted by atomic mass is 9.94. The first-order chi connectivity index (χ1) is 7.45. The Morgan fingerprint density at radius 2 is 1.87 bits per heavy atom. The van der Waals surface area contributed by atoms with Crippen molar-refractivity contribution in [3.05, 3.63) is 12.2 Å². The van der Waals surface area contributed by atoms with E-state index in [0.29, 0.717) is 0 Å². The van der Waals surface area contributed by atoms with Crippen molar-refractivity contribution in [2.45, 2.75) is 51.4 Å². The number of rotatable bonds is 5. The molecule has 0 heterocycles. The van der Waals surface area contributed by atoms with Crippen LogP contribution in [0.15, 0.2) is 12.2 Å². The summed E-state index contributed by atoms with van der Waals surface area (Å²) in [6.45, 7) is 2.50. The number of hydrogen-bond donors (Lipinski definition) is 1. The van der Waals surface area contributed by atoms with Gasteiger partial charge in [-0.2, -0.15) is 0 Å². The van der Waals surface area contributed by atoms with Gasteiger partial charge in [-0.25, -0.2) is 0 Å². The van der Waals surface area contributed by atoms with E-state index in [1.165, 1.54) is 64.5 Å². The third-order valence-electron chi connectivity index (χ3n) is 4.01. The van der Waals surface area contributed by atoms with Crippen molar-refractivity contribution in [1.82, 2.24) is 5.32 Å². The fourth-order valence-electron chi connectivity index (χ4n) is 2.95. The van der Waals surface area contributed by atoms with E-state index in [0.717, 1.165) is 11.8 Å². The molecule has 1 heteroatoms. The van der Waals surface area contributed by atoms with Gasteiger partial charge in [-0.3, -0.25) is 0 Å². The van der Waals surface area contributed by atoms with Crippen molar-refractivity contribution in [2.75, 3.05) is 13.1 Å². The van der Waals surface area contributed by atoms with Crippen molar-refractivity contribution in [1.29, 1.82) is 0 Å². The first-order valence-electron chi connectivity index (χ1n) is 6.81. The maximum Gasteiger partial charge on any atom is -0.00174 e. The van der Waals surface area contributed by atoms with Gasteiger partial charge in [0.05, 0.1) is 0 Å². The minimum atomic E-state index is 0.915. The molecule has 2 rings (SSSR count). The number of allylic oxidation sites excluding steroid dienone is 2. The summed E-state index contributed by atoms with van der Waals surface area (Å²) in [7, 11) is 0. The summed E-state index contributed by atoms with van der Waals surface area (Å²) in [5.41, 5.74) is 0. The molecule has 2 aliphatic carbocycles. The Kier molecular flexibility index (Phi) is 4.72. The maximum absolute atomic E-state index is 3.65. The number of hydrogen-bond acceptors (Lipinski definition) is 1. The molecular weight excluding hydrogens is 182 g/mol. The lowest BCUT2D eigenvalue weighted by Gasteiger charge is -2.18. The van der Waals surface area contributed by atoms with Gasteiger partial charge in [0, 0.05) is 0 Å². The minimum Gasteiger partial charge on any atom is -0.316 e. The fourth-order valence-corrected chi connectivity index (χ4v) is 2.95. The third-order valence-corrected chi connectivity index (χ3v) is 4.01. The van der Waals surface area contributed by atoms with Gasteiger partial charge in [-0.05, 0) is 50.6 Å². The predicted molar refractivity (Wildman–Crippen MR) is 65.9 cm³/mol. The summed E-state index contributed by atoms with van der Waals surface area (Å²) < 4.78 is 0. The topological polar surface area (TPSA) is 12.0 Å². The molecule has 1 fully saturated rings. The second-order valence-corrected chi connectivity index (χ2v) is 5.29. The van der Waals surface area contributed by atoms with E-state index in [-0.39, 0.29) is 0 Å². The Hall–Kier alpha value is -0.300. The van der Waals surface area contributed by atoms with Crippen molar-refractivity contribution in [3.8, 4) is 0 Å². The second-order valence-electron chi connectivity index (χ2n) is 5.29. The average Bonchev–Trinajstić information content (AvgIpc) is 2.79. The van der Waals surface area contributed by atoms with Gasteiger partial charge < -0.3 is 5.32 Å². The van der Waals surface area contributed by atoms with Gasteiger partial charge in [0.25, 0.3) is 0 Å².